The summed E-state index contributed by atoms with van der Waals surface area (Å²) >= 11 is 0. The van der Waals surface area contributed by atoms with Crippen molar-refractivity contribution >= 4 is 22.7 Å². The van der Waals surface area contributed by atoms with E-state index < -0.39 is 17.5 Å². The molecule has 0 spiro atoms. The smallest absolute Gasteiger partial charge is 0.322 e. The predicted molar refractivity (Wildman–Crippen MR) is 125 cm³/mol. The molecule has 0 saturated carbocycles. The lowest BCUT2D eigenvalue weighted by Crippen LogP contribution is -2.47. The summed E-state index contributed by atoms with van der Waals surface area (Å²) in [5.41, 5.74) is 0.544. The summed E-state index contributed by atoms with van der Waals surface area (Å²) in [6.45, 7) is -0.00758. The van der Waals surface area contributed by atoms with Crippen molar-refractivity contribution in [2.45, 2.75) is 12.1 Å². The number of methoxy groups -OCH3 is 1. The fraction of sp³-hybridized carbons (Fsp3) is 0.115. The average Bonchev–Trinajstić information content (AvgIpc) is 3.33. The van der Waals surface area contributed by atoms with Crippen molar-refractivity contribution < 1.29 is 19.4 Å². The van der Waals surface area contributed by atoms with Crippen molar-refractivity contribution in [2.75, 3.05) is 7.11 Å². The second kappa shape index (κ2) is 8.30. The molecule has 1 aliphatic heterocycles. The molecule has 0 radical (unpaired) electrons. The van der Waals surface area contributed by atoms with Gasteiger partial charge in [0.2, 0.25) is 0 Å². The molecule has 3 heterocycles. The Kier molecular flexibility index (Phi) is 5.15. The first kappa shape index (κ1) is 21.1. The molecule has 34 heavy (non-hydrogen) atoms. The van der Waals surface area contributed by atoms with Gasteiger partial charge in [-0.25, -0.2) is 9.78 Å². The fourth-order valence-electron chi connectivity index (χ4n) is 4.04. The van der Waals surface area contributed by atoms with Crippen molar-refractivity contribution in [3.8, 4) is 23.5 Å². The number of nitrogens with one attached hydrogen (secondary N) is 2. The van der Waals surface area contributed by atoms with Crippen LogP contribution < -0.4 is 15.4 Å². The van der Waals surface area contributed by atoms with Crippen molar-refractivity contribution in [1.29, 1.82) is 0 Å². The first-order valence-corrected chi connectivity index (χ1v) is 10.5. The summed E-state index contributed by atoms with van der Waals surface area (Å²) in [6, 6.07) is 17.3. The molecule has 0 unspecified atom stereocenters. The predicted octanol–water partition coefficient (Wildman–Crippen LogP) is 2.89. The van der Waals surface area contributed by atoms with Crippen LogP contribution in [0.3, 0.4) is 0 Å². The molecule has 168 valence electrons. The van der Waals surface area contributed by atoms with Crippen LogP contribution >= 0.6 is 0 Å². The van der Waals surface area contributed by atoms with Crippen LogP contribution in [0.4, 0.5) is 4.79 Å². The van der Waals surface area contributed by atoms with Gasteiger partial charge in [0.1, 0.15) is 11.4 Å². The van der Waals surface area contributed by atoms with Crippen molar-refractivity contribution in [3.63, 3.8) is 0 Å². The summed E-state index contributed by atoms with van der Waals surface area (Å²) in [6.07, 6.45) is 3.41. The molecule has 2 aromatic heterocycles. The van der Waals surface area contributed by atoms with E-state index in [0.717, 1.165) is 10.9 Å². The van der Waals surface area contributed by atoms with E-state index in [9.17, 15) is 14.7 Å². The number of pyridine rings is 1. The van der Waals surface area contributed by atoms with Crippen LogP contribution in [0.2, 0.25) is 0 Å². The molecule has 1 aliphatic rings. The summed E-state index contributed by atoms with van der Waals surface area (Å²) < 4.78 is 6.79. The Labute approximate surface area is 195 Å². The highest BCUT2D eigenvalue weighted by Crippen LogP contribution is 2.34. The highest BCUT2D eigenvalue weighted by molar-refractivity contribution is 6.07. The summed E-state index contributed by atoms with van der Waals surface area (Å²) in [4.78, 5) is 29.3. The number of imide groups is 1. The van der Waals surface area contributed by atoms with Crippen LogP contribution in [0.25, 0.3) is 10.8 Å². The van der Waals surface area contributed by atoms with Gasteiger partial charge in [0.05, 0.1) is 13.7 Å². The number of urea groups is 1. The summed E-state index contributed by atoms with van der Waals surface area (Å²) in [5, 5.41) is 17.3. The third-order valence-electron chi connectivity index (χ3n) is 5.79. The van der Waals surface area contributed by atoms with Gasteiger partial charge in [-0.05, 0) is 53.9 Å². The number of amides is 3. The van der Waals surface area contributed by atoms with Gasteiger partial charge >= 0.3 is 6.03 Å². The molecule has 2 aromatic carbocycles. The summed E-state index contributed by atoms with van der Waals surface area (Å²) in [7, 11) is 1.55. The number of carbonyl (C=O) groups is 2. The second-order valence-electron chi connectivity index (χ2n) is 7.89. The molecule has 8 nitrogen and oxygen atoms in total. The first-order chi connectivity index (χ1) is 16.5. The molecular formula is C26H20N4O4. The molecule has 8 heteroatoms. The number of hydrogen-bond donors (Lipinski definition) is 3. The van der Waals surface area contributed by atoms with E-state index >= 15 is 0 Å². The number of nitrogens with zero attached hydrogens (tertiary/aromatic N) is 2. The Bertz CT molecular complexity index is 1470. The Balaban J connectivity index is 1.51. The minimum Gasteiger partial charge on any atom is -0.497 e. The van der Waals surface area contributed by atoms with Crippen LogP contribution in [0.5, 0.6) is 11.6 Å². The van der Waals surface area contributed by atoms with E-state index in [1.807, 2.05) is 24.3 Å². The molecular weight excluding hydrogens is 432 g/mol. The largest absolute Gasteiger partial charge is 0.497 e. The molecule has 1 saturated heterocycles. The van der Waals surface area contributed by atoms with Gasteiger partial charge in [-0.2, -0.15) is 0 Å². The number of aromatic hydroxyl groups is 1. The first-order valence-electron chi connectivity index (χ1n) is 10.5. The Hall–Kier alpha value is -4.77. The van der Waals surface area contributed by atoms with Gasteiger partial charge in [0.15, 0.2) is 11.4 Å². The zero-order chi connectivity index (χ0) is 23.7. The van der Waals surface area contributed by atoms with Crippen LogP contribution in [0, 0.1) is 11.8 Å². The monoisotopic (exact) mass is 452 g/mol. The fourth-order valence-corrected chi connectivity index (χ4v) is 4.04. The van der Waals surface area contributed by atoms with Crippen LogP contribution in [0.15, 0.2) is 73.1 Å². The lowest BCUT2D eigenvalue weighted by molar-refractivity contribution is -0.124. The van der Waals surface area contributed by atoms with Gasteiger partial charge in [0, 0.05) is 28.7 Å². The Morgan fingerprint density at radius 3 is 2.59 bits per heavy atom. The SMILES string of the molecule is COc1ccc2cn(C[C@@]3(c4ccc(C#Cc5ccccn5)cc4)NC(=O)NC3=O)c(O)c2c1. The van der Waals surface area contributed by atoms with E-state index in [1.165, 1.54) is 0 Å². The zero-order valence-corrected chi connectivity index (χ0v) is 18.2. The quantitative estimate of drug-likeness (QED) is 0.326. The Morgan fingerprint density at radius 2 is 1.91 bits per heavy atom. The molecule has 1 fully saturated rings. The lowest BCUT2D eigenvalue weighted by Gasteiger charge is -2.27. The van der Waals surface area contributed by atoms with Crippen molar-refractivity contribution in [3.05, 3.63) is 89.9 Å². The van der Waals surface area contributed by atoms with Crippen LogP contribution in [-0.4, -0.2) is 33.7 Å². The van der Waals surface area contributed by atoms with E-state index in [2.05, 4.69) is 27.5 Å². The lowest BCUT2D eigenvalue weighted by atomic mass is 9.89. The molecule has 5 rings (SSSR count). The second-order valence-corrected chi connectivity index (χ2v) is 7.89. The van der Waals surface area contributed by atoms with E-state index in [-0.39, 0.29) is 12.4 Å². The third-order valence-corrected chi connectivity index (χ3v) is 5.79. The molecule has 0 bridgehead atoms. The van der Waals surface area contributed by atoms with Gasteiger partial charge in [-0.1, -0.05) is 24.1 Å². The molecule has 4 aromatic rings. The number of ether oxygens (including phenoxy) is 1. The van der Waals surface area contributed by atoms with Crippen molar-refractivity contribution in [1.82, 2.24) is 20.2 Å². The molecule has 0 aliphatic carbocycles. The zero-order valence-electron chi connectivity index (χ0n) is 18.2. The normalized spacial score (nSPS) is 17.1. The molecule has 3 amide bonds. The standard InChI is InChI=1S/C26H20N4O4/c1-34-21-12-8-18-15-30(23(31)22(18)14-21)16-26(24(32)28-25(33)29-26)19-9-5-17(6-10-19)7-11-20-4-2-3-13-27-20/h2-6,8-10,12-15,31H,16H2,1H3,(H2,28,29,32,33)/t26-/m0/s1. The molecule has 3 N–H and O–H groups in total. The number of fused-ring (bicyclic) bond motifs is 1. The number of carbonyl (C=O) groups excluding carboxylic acids is 2. The summed E-state index contributed by atoms with van der Waals surface area (Å²) in [5.74, 6) is 6.10. The maximum Gasteiger partial charge on any atom is 0.322 e. The minimum atomic E-state index is -1.40. The molecule has 1 atom stereocenters. The van der Waals surface area contributed by atoms with E-state index in [1.54, 1.807) is 60.5 Å². The maximum absolute atomic E-state index is 13.0. The van der Waals surface area contributed by atoms with Gasteiger partial charge < -0.3 is 19.7 Å². The van der Waals surface area contributed by atoms with Gasteiger partial charge in [-0.3, -0.25) is 10.1 Å². The maximum atomic E-state index is 13.0. The van der Waals surface area contributed by atoms with Crippen LogP contribution in [-0.2, 0) is 16.9 Å². The highest BCUT2D eigenvalue weighted by Gasteiger charge is 2.48. The highest BCUT2D eigenvalue weighted by atomic mass is 16.5. The minimum absolute atomic E-state index is 0.00758. The van der Waals surface area contributed by atoms with Gasteiger partial charge in [-0.15, -0.1) is 0 Å². The van der Waals surface area contributed by atoms with E-state index in [0.29, 0.717) is 22.4 Å². The average molecular weight is 452 g/mol. The number of rotatable bonds is 4. The number of aromatic nitrogens is 2. The van der Waals surface area contributed by atoms with Crippen LogP contribution in [0.1, 0.15) is 16.8 Å². The number of benzene rings is 2. The van der Waals surface area contributed by atoms with Crippen molar-refractivity contribution in [2.24, 2.45) is 0 Å². The number of hydrogen-bond acceptors (Lipinski definition) is 5. The van der Waals surface area contributed by atoms with E-state index in [4.69, 9.17) is 4.74 Å². The topological polar surface area (TPSA) is 105 Å². The third kappa shape index (κ3) is 3.69. The Morgan fingerprint density at radius 1 is 1.09 bits per heavy atom. The van der Waals surface area contributed by atoms with Gasteiger partial charge in [0.25, 0.3) is 5.91 Å².